The molecule has 0 fully saturated rings. The summed E-state index contributed by atoms with van der Waals surface area (Å²) in [6.07, 6.45) is 1.46. The summed E-state index contributed by atoms with van der Waals surface area (Å²) in [5.41, 5.74) is 3.02. The zero-order chi connectivity index (χ0) is 19.4. The van der Waals surface area contributed by atoms with E-state index in [9.17, 15) is 9.59 Å². The highest BCUT2D eigenvalue weighted by Gasteiger charge is 2.20. The van der Waals surface area contributed by atoms with Gasteiger partial charge in [-0.15, -0.1) is 0 Å². The predicted octanol–water partition coefficient (Wildman–Crippen LogP) is 3.94. The molecule has 0 bridgehead atoms. The van der Waals surface area contributed by atoms with Crippen LogP contribution >= 0.6 is 0 Å². The molecule has 5 nitrogen and oxygen atoms in total. The molecule has 5 heteroatoms. The molecule has 0 aliphatic heterocycles. The van der Waals surface area contributed by atoms with Crippen LogP contribution in [-0.4, -0.2) is 30.9 Å². The molecule has 0 aliphatic carbocycles. The highest BCUT2D eigenvalue weighted by molar-refractivity contribution is 6.08. The Labute approximate surface area is 158 Å². The van der Waals surface area contributed by atoms with Gasteiger partial charge in [-0.05, 0) is 42.8 Å². The molecule has 3 aromatic rings. The maximum atomic E-state index is 12.8. The van der Waals surface area contributed by atoms with Crippen molar-refractivity contribution in [3.8, 4) is 0 Å². The quantitative estimate of drug-likeness (QED) is 0.709. The third-order valence-electron chi connectivity index (χ3n) is 4.42. The van der Waals surface area contributed by atoms with Gasteiger partial charge in [-0.1, -0.05) is 36.4 Å². The van der Waals surface area contributed by atoms with E-state index in [0.29, 0.717) is 16.8 Å². The number of benzene rings is 2. The van der Waals surface area contributed by atoms with E-state index in [-0.39, 0.29) is 11.8 Å². The molecule has 0 atom stereocenters. The van der Waals surface area contributed by atoms with Crippen molar-refractivity contribution in [3.63, 3.8) is 0 Å². The first-order chi connectivity index (χ1) is 13.0. The van der Waals surface area contributed by atoms with Crippen LogP contribution in [0, 0.1) is 6.92 Å². The van der Waals surface area contributed by atoms with E-state index >= 15 is 0 Å². The summed E-state index contributed by atoms with van der Waals surface area (Å²) in [4.78, 5) is 32.9. The minimum atomic E-state index is -0.214. The average Bonchev–Trinajstić information content (AvgIpc) is 2.72. The molecule has 0 saturated carbocycles. The van der Waals surface area contributed by atoms with Crippen LogP contribution in [0.2, 0.25) is 0 Å². The summed E-state index contributed by atoms with van der Waals surface area (Å²) in [6, 6.07) is 20.5. The molecule has 2 amide bonds. The van der Waals surface area contributed by atoms with Crippen molar-refractivity contribution >= 4 is 23.2 Å². The van der Waals surface area contributed by atoms with Crippen LogP contribution in [0.1, 0.15) is 26.4 Å². The SMILES string of the molecule is Cc1cc(C(=O)N(C)c2ccccc2)cnc1C(=O)N(C)c1ccccc1. The largest absolute Gasteiger partial charge is 0.311 e. The number of carbonyl (C=O) groups excluding carboxylic acids is 2. The van der Waals surface area contributed by atoms with Crippen LogP contribution in [0.5, 0.6) is 0 Å². The molecular formula is C22H21N3O2. The lowest BCUT2D eigenvalue weighted by atomic mass is 10.1. The molecule has 1 heterocycles. The Bertz CT molecular complexity index is 956. The lowest BCUT2D eigenvalue weighted by Crippen LogP contribution is -2.29. The van der Waals surface area contributed by atoms with Crippen molar-refractivity contribution in [2.24, 2.45) is 0 Å². The fourth-order valence-corrected chi connectivity index (χ4v) is 2.81. The van der Waals surface area contributed by atoms with Crippen LogP contribution < -0.4 is 9.80 Å². The number of aromatic nitrogens is 1. The minimum Gasteiger partial charge on any atom is -0.311 e. The van der Waals surface area contributed by atoms with Crippen molar-refractivity contribution in [2.45, 2.75) is 6.92 Å². The van der Waals surface area contributed by atoms with Crippen LogP contribution in [0.3, 0.4) is 0 Å². The summed E-state index contributed by atoms with van der Waals surface area (Å²) in [5.74, 6) is -0.388. The summed E-state index contributed by atoms with van der Waals surface area (Å²) >= 11 is 0. The molecule has 0 radical (unpaired) electrons. The maximum Gasteiger partial charge on any atom is 0.276 e. The van der Waals surface area contributed by atoms with Gasteiger partial charge in [-0.25, -0.2) is 4.98 Å². The van der Waals surface area contributed by atoms with E-state index < -0.39 is 0 Å². The molecule has 27 heavy (non-hydrogen) atoms. The van der Waals surface area contributed by atoms with Gasteiger partial charge in [0.15, 0.2) is 0 Å². The topological polar surface area (TPSA) is 53.5 Å². The first kappa shape index (κ1) is 18.3. The third kappa shape index (κ3) is 3.87. The third-order valence-corrected chi connectivity index (χ3v) is 4.42. The molecule has 3 rings (SSSR count). The molecule has 0 aliphatic rings. The summed E-state index contributed by atoms with van der Waals surface area (Å²) in [5, 5.41) is 0. The molecule has 1 aromatic heterocycles. The van der Waals surface area contributed by atoms with Gasteiger partial charge in [0, 0.05) is 31.7 Å². The normalized spacial score (nSPS) is 10.3. The molecule has 0 saturated heterocycles. The number of anilines is 2. The fourth-order valence-electron chi connectivity index (χ4n) is 2.81. The smallest absolute Gasteiger partial charge is 0.276 e. The van der Waals surface area contributed by atoms with Crippen LogP contribution in [0.15, 0.2) is 72.9 Å². The van der Waals surface area contributed by atoms with Crippen molar-refractivity contribution < 1.29 is 9.59 Å². The van der Waals surface area contributed by atoms with Crippen LogP contribution in [0.25, 0.3) is 0 Å². The van der Waals surface area contributed by atoms with Crippen molar-refractivity contribution in [1.29, 1.82) is 0 Å². The van der Waals surface area contributed by atoms with E-state index in [2.05, 4.69) is 4.98 Å². The summed E-state index contributed by atoms with van der Waals surface area (Å²) in [7, 11) is 3.43. The molecule has 0 spiro atoms. The second kappa shape index (κ2) is 7.83. The second-order valence-corrected chi connectivity index (χ2v) is 6.29. The standard InChI is InChI=1S/C22H21N3O2/c1-16-14-17(21(26)24(2)18-10-6-4-7-11-18)15-23-20(16)22(27)25(3)19-12-8-5-9-13-19/h4-15H,1-3H3. The van der Waals surface area contributed by atoms with Crippen LogP contribution in [0.4, 0.5) is 11.4 Å². The van der Waals surface area contributed by atoms with Crippen molar-refractivity contribution in [3.05, 3.63) is 89.7 Å². The van der Waals surface area contributed by atoms with Crippen molar-refractivity contribution in [2.75, 3.05) is 23.9 Å². The molecule has 0 N–H and O–H groups in total. The maximum absolute atomic E-state index is 12.8. The number of hydrogen-bond donors (Lipinski definition) is 0. The molecular weight excluding hydrogens is 338 g/mol. The van der Waals surface area contributed by atoms with E-state index in [0.717, 1.165) is 11.4 Å². The molecule has 0 unspecified atom stereocenters. The van der Waals surface area contributed by atoms with Crippen LogP contribution in [-0.2, 0) is 0 Å². The number of para-hydroxylation sites is 2. The van der Waals surface area contributed by atoms with E-state index in [1.54, 1.807) is 36.9 Å². The minimum absolute atomic E-state index is 0.174. The average molecular weight is 359 g/mol. The zero-order valence-corrected chi connectivity index (χ0v) is 15.6. The van der Waals surface area contributed by atoms with Gasteiger partial charge < -0.3 is 9.80 Å². The van der Waals surface area contributed by atoms with Gasteiger partial charge in [-0.2, -0.15) is 0 Å². The number of hydrogen-bond acceptors (Lipinski definition) is 3. The Balaban J connectivity index is 1.83. The van der Waals surface area contributed by atoms with Gasteiger partial charge in [0.1, 0.15) is 5.69 Å². The van der Waals surface area contributed by atoms with E-state index in [1.165, 1.54) is 6.20 Å². The second-order valence-electron chi connectivity index (χ2n) is 6.29. The lowest BCUT2D eigenvalue weighted by molar-refractivity contribution is 0.0977. The van der Waals surface area contributed by atoms with Crippen molar-refractivity contribution in [1.82, 2.24) is 4.98 Å². The number of pyridine rings is 1. The van der Waals surface area contributed by atoms with Gasteiger partial charge in [0.05, 0.1) is 5.56 Å². The number of nitrogens with zero attached hydrogens (tertiary/aromatic N) is 3. The molecule has 136 valence electrons. The molecule has 2 aromatic carbocycles. The summed E-state index contributed by atoms with van der Waals surface area (Å²) in [6.45, 7) is 1.79. The fraction of sp³-hybridized carbons (Fsp3) is 0.136. The van der Waals surface area contributed by atoms with Gasteiger partial charge >= 0.3 is 0 Å². The highest BCUT2D eigenvalue weighted by atomic mass is 16.2. The van der Waals surface area contributed by atoms with Gasteiger partial charge in [0.25, 0.3) is 11.8 Å². The van der Waals surface area contributed by atoms with Gasteiger partial charge in [-0.3, -0.25) is 9.59 Å². The zero-order valence-electron chi connectivity index (χ0n) is 15.6. The highest BCUT2D eigenvalue weighted by Crippen LogP contribution is 2.19. The number of rotatable bonds is 4. The summed E-state index contributed by atoms with van der Waals surface area (Å²) < 4.78 is 0. The first-order valence-corrected chi connectivity index (χ1v) is 8.62. The lowest BCUT2D eigenvalue weighted by Gasteiger charge is -2.19. The monoisotopic (exact) mass is 359 g/mol. The Hall–Kier alpha value is -3.47. The number of carbonyl (C=O) groups is 2. The van der Waals surface area contributed by atoms with E-state index in [4.69, 9.17) is 0 Å². The van der Waals surface area contributed by atoms with Gasteiger partial charge in [0.2, 0.25) is 0 Å². The first-order valence-electron chi connectivity index (χ1n) is 8.62. The van der Waals surface area contributed by atoms with E-state index in [1.807, 2.05) is 60.7 Å². The number of amides is 2. The Morgan fingerprint density at radius 1 is 0.778 bits per heavy atom. The Morgan fingerprint density at radius 2 is 1.26 bits per heavy atom. The predicted molar refractivity (Wildman–Crippen MR) is 107 cm³/mol. The number of aryl methyl sites for hydroxylation is 1. The Morgan fingerprint density at radius 3 is 1.74 bits per heavy atom. The Kier molecular flexibility index (Phi) is 5.31.